The number of benzene rings is 2. The smallest absolute Gasteiger partial charge is 0.0545 e. The van der Waals surface area contributed by atoms with Crippen molar-refractivity contribution in [3.63, 3.8) is 0 Å². The predicted octanol–water partition coefficient (Wildman–Crippen LogP) is 4.40. The summed E-state index contributed by atoms with van der Waals surface area (Å²) in [5.74, 6) is 0.920. The number of hydrogen-bond donors (Lipinski definition) is 1. The van der Waals surface area contributed by atoms with Crippen LogP contribution in [-0.2, 0) is 12.3 Å². The highest BCUT2D eigenvalue weighted by molar-refractivity contribution is 7.98. The second-order valence-corrected chi connectivity index (χ2v) is 5.54. The van der Waals surface area contributed by atoms with Gasteiger partial charge in [0.1, 0.15) is 0 Å². The Labute approximate surface area is 117 Å². The molecule has 0 heterocycles. The van der Waals surface area contributed by atoms with Crippen molar-refractivity contribution in [2.45, 2.75) is 24.1 Å². The Morgan fingerprint density at radius 1 is 1.06 bits per heavy atom. The van der Waals surface area contributed by atoms with E-state index in [0.717, 1.165) is 21.2 Å². The molecule has 2 aromatic carbocycles. The molecule has 0 radical (unpaired) electrons. The second kappa shape index (κ2) is 6.28. The van der Waals surface area contributed by atoms with E-state index in [9.17, 15) is 0 Å². The first-order chi connectivity index (χ1) is 8.72. The molecule has 2 N–H and O–H groups in total. The summed E-state index contributed by atoms with van der Waals surface area (Å²) in [5, 5.41) is 0.788. The van der Waals surface area contributed by atoms with Gasteiger partial charge in [0, 0.05) is 17.2 Å². The Morgan fingerprint density at radius 2 is 1.78 bits per heavy atom. The van der Waals surface area contributed by atoms with Crippen molar-refractivity contribution < 1.29 is 0 Å². The molecule has 0 aromatic heterocycles. The van der Waals surface area contributed by atoms with Crippen LogP contribution < -0.4 is 5.73 Å². The van der Waals surface area contributed by atoms with Gasteiger partial charge in [-0.15, -0.1) is 11.8 Å². The fraction of sp³-hybridized carbons (Fsp3) is 0.200. The zero-order valence-electron chi connectivity index (χ0n) is 10.3. The van der Waals surface area contributed by atoms with Crippen molar-refractivity contribution in [1.82, 2.24) is 0 Å². The van der Waals surface area contributed by atoms with E-state index in [-0.39, 0.29) is 0 Å². The fourth-order valence-electron chi connectivity index (χ4n) is 1.80. The lowest BCUT2D eigenvalue weighted by Gasteiger charge is -2.10. The zero-order valence-corrected chi connectivity index (χ0v) is 11.9. The summed E-state index contributed by atoms with van der Waals surface area (Å²) in [7, 11) is 0. The zero-order chi connectivity index (χ0) is 13.0. The van der Waals surface area contributed by atoms with Crippen molar-refractivity contribution >= 4 is 23.4 Å². The predicted molar refractivity (Wildman–Crippen MR) is 80.1 cm³/mol. The Morgan fingerprint density at radius 3 is 2.50 bits per heavy atom. The van der Waals surface area contributed by atoms with Gasteiger partial charge >= 0.3 is 0 Å². The molecule has 0 bridgehead atoms. The summed E-state index contributed by atoms with van der Waals surface area (Å²) in [5.41, 5.74) is 9.51. The molecule has 0 saturated heterocycles. The lowest BCUT2D eigenvalue weighted by molar-refractivity contribution is 1.03. The van der Waals surface area contributed by atoms with E-state index < -0.39 is 0 Å². The van der Waals surface area contributed by atoms with Crippen LogP contribution in [0.2, 0.25) is 5.02 Å². The topological polar surface area (TPSA) is 26.0 Å². The Kier molecular flexibility index (Phi) is 4.70. The lowest BCUT2D eigenvalue weighted by Crippen LogP contribution is -1.99. The van der Waals surface area contributed by atoms with Crippen LogP contribution in [-0.4, -0.2) is 0 Å². The summed E-state index contributed by atoms with van der Waals surface area (Å²) in [6, 6.07) is 14.3. The van der Waals surface area contributed by atoms with Gasteiger partial charge in [-0.25, -0.2) is 0 Å². The highest BCUT2D eigenvalue weighted by Crippen LogP contribution is 2.33. The molecule has 0 fully saturated rings. The van der Waals surface area contributed by atoms with Crippen molar-refractivity contribution in [2.75, 3.05) is 0 Å². The monoisotopic (exact) mass is 277 g/mol. The van der Waals surface area contributed by atoms with Gasteiger partial charge in [0.15, 0.2) is 0 Å². The average molecular weight is 278 g/mol. The summed E-state index contributed by atoms with van der Waals surface area (Å²) in [6.07, 6.45) is 0. The molecule has 3 heteroatoms. The van der Waals surface area contributed by atoms with Crippen LogP contribution in [0.25, 0.3) is 0 Å². The van der Waals surface area contributed by atoms with Crippen molar-refractivity contribution in [3.05, 3.63) is 64.2 Å². The van der Waals surface area contributed by atoms with E-state index >= 15 is 0 Å². The summed E-state index contributed by atoms with van der Waals surface area (Å²) in [6.45, 7) is 2.66. The van der Waals surface area contributed by atoms with Crippen molar-refractivity contribution in [1.29, 1.82) is 0 Å². The molecular formula is C15H16ClNS. The summed E-state index contributed by atoms with van der Waals surface area (Å²) < 4.78 is 0. The number of hydrogen-bond acceptors (Lipinski definition) is 2. The number of nitrogens with two attached hydrogens (primary N) is 1. The minimum absolute atomic E-state index is 0.524. The first-order valence-corrected chi connectivity index (χ1v) is 7.23. The maximum absolute atomic E-state index is 6.24. The van der Waals surface area contributed by atoms with E-state index in [2.05, 4.69) is 31.2 Å². The standard InChI is InChI=1S/C15H16ClNS/c1-11-5-2-3-6-13(11)10-18-15-12(9-17)7-4-8-14(15)16/h2-8H,9-10,17H2,1H3. The first-order valence-electron chi connectivity index (χ1n) is 5.87. The molecule has 94 valence electrons. The maximum atomic E-state index is 6.24. The summed E-state index contributed by atoms with van der Waals surface area (Å²) in [4.78, 5) is 1.10. The molecule has 0 atom stereocenters. The highest BCUT2D eigenvalue weighted by Gasteiger charge is 2.07. The molecule has 2 rings (SSSR count). The third kappa shape index (κ3) is 3.08. The molecule has 18 heavy (non-hydrogen) atoms. The molecule has 1 nitrogen and oxygen atoms in total. The van der Waals surface area contributed by atoms with Crippen molar-refractivity contribution in [3.8, 4) is 0 Å². The van der Waals surface area contributed by atoms with Gasteiger partial charge in [-0.05, 0) is 29.7 Å². The van der Waals surface area contributed by atoms with E-state index in [1.165, 1.54) is 11.1 Å². The van der Waals surface area contributed by atoms with E-state index in [1.54, 1.807) is 11.8 Å². The van der Waals surface area contributed by atoms with Crippen LogP contribution >= 0.6 is 23.4 Å². The van der Waals surface area contributed by atoms with Crippen LogP contribution in [0, 0.1) is 6.92 Å². The van der Waals surface area contributed by atoms with Gasteiger partial charge < -0.3 is 5.73 Å². The molecule has 0 unspecified atom stereocenters. The second-order valence-electron chi connectivity index (χ2n) is 4.15. The molecule has 0 aliphatic rings. The molecule has 0 aliphatic carbocycles. The normalized spacial score (nSPS) is 10.6. The van der Waals surface area contributed by atoms with Gasteiger partial charge in [-0.1, -0.05) is 48.0 Å². The minimum atomic E-state index is 0.524. The Hall–Kier alpha value is -0.960. The van der Waals surface area contributed by atoms with Crippen LogP contribution in [0.5, 0.6) is 0 Å². The van der Waals surface area contributed by atoms with Crippen LogP contribution in [0.15, 0.2) is 47.4 Å². The summed E-state index contributed by atoms with van der Waals surface area (Å²) >= 11 is 7.99. The van der Waals surface area contributed by atoms with E-state index in [0.29, 0.717) is 6.54 Å². The molecule has 0 aliphatic heterocycles. The molecule has 2 aromatic rings. The number of halogens is 1. The van der Waals surface area contributed by atoms with Gasteiger partial charge in [-0.3, -0.25) is 0 Å². The molecule has 0 spiro atoms. The van der Waals surface area contributed by atoms with Gasteiger partial charge in [0.05, 0.1) is 5.02 Å². The number of rotatable bonds is 4. The number of aryl methyl sites for hydroxylation is 1. The average Bonchev–Trinajstić information content (AvgIpc) is 2.39. The van der Waals surface area contributed by atoms with Crippen LogP contribution in [0.1, 0.15) is 16.7 Å². The van der Waals surface area contributed by atoms with Gasteiger partial charge in [-0.2, -0.15) is 0 Å². The van der Waals surface area contributed by atoms with Gasteiger partial charge in [0.25, 0.3) is 0 Å². The third-order valence-electron chi connectivity index (χ3n) is 2.90. The van der Waals surface area contributed by atoms with Crippen molar-refractivity contribution in [2.24, 2.45) is 5.73 Å². The SMILES string of the molecule is Cc1ccccc1CSc1c(Cl)cccc1CN. The quantitative estimate of drug-likeness (QED) is 0.839. The van der Waals surface area contributed by atoms with Crippen LogP contribution in [0.4, 0.5) is 0 Å². The van der Waals surface area contributed by atoms with Gasteiger partial charge in [0.2, 0.25) is 0 Å². The van der Waals surface area contributed by atoms with E-state index in [1.807, 2.05) is 18.2 Å². The van der Waals surface area contributed by atoms with E-state index in [4.69, 9.17) is 17.3 Å². The molecular weight excluding hydrogens is 262 g/mol. The minimum Gasteiger partial charge on any atom is -0.326 e. The molecule has 0 saturated carbocycles. The highest BCUT2D eigenvalue weighted by atomic mass is 35.5. The first kappa shape index (κ1) is 13.5. The van der Waals surface area contributed by atoms with Crippen LogP contribution in [0.3, 0.4) is 0 Å². The Balaban J connectivity index is 2.18. The number of thioether (sulfide) groups is 1. The molecule has 0 amide bonds. The largest absolute Gasteiger partial charge is 0.326 e. The Bertz CT molecular complexity index is 540. The fourth-order valence-corrected chi connectivity index (χ4v) is 3.32. The maximum Gasteiger partial charge on any atom is 0.0545 e. The third-order valence-corrected chi connectivity index (χ3v) is 4.55. The lowest BCUT2D eigenvalue weighted by atomic mass is 10.1.